The van der Waals surface area contributed by atoms with E-state index in [0.29, 0.717) is 12.5 Å². The average molecular weight is 351 g/mol. The summed E-state index contributed by atoms with van der Waals surface area (Å²) < 4.78 is 12.2. The Kier molecular flexibility index (Phi) is 5.59. The van der Waals surface area contributed by atoms with Crippen molar-refractivity contribution in [3.05, 3.63) is 52.1 Å². The molecule has 0 aliphatic heterocycles. The van der Waals surface area contributed by atoms with E-state index in [1.807, 2.05) is 31.3 Å². The van der Waals surface area contributed by atoms with Gasteiger partial charge in [0.2, 0.25) is 5.88 Å². The molecule has 0 radical (unpaired) electrons. The first-order valence-electron chi connectivity index (χ1n) is 6.73. The van der Waals surface area contributed by atoms with Crippen LogP contribution < -0.4 is 14.8 Å². The molecule has 0 saturated carbocycles. The predicted octanol–water partition coefficient (Wildman–Crippen LogP) is 3.71. The number of pyridine rings is 1. The second-order valence-corrected chi connectivity index (χ2v) is 5.57. The van der Waals surface area contributed by atoms with Crippen LogP contribution in [0.15, 0.2) is 41.0 Å². The van der Waals surface area contributed by atoms with Crippen molar-refractivity contribution in [2.45, 2.75) is 19.6 Å². The Morgan fingerprint density at radius 3 is 2.86 bits per heavy atom. The minimum atomic E-state index is 0.212. The van der Waals surface area contributed by atoms with Crippen LogP contribution >= 0.6 is 15.9 Å². The number of benzene rings is 1. The summed E-state index contributed by atoms with van der Waals surface area (Å²) in [5.74, 6) is 1.44. The summed E-state index contributed by atoms with van der Waals surface area (Å²) >= 11 is 3.48. The molecule has 1 aromatic heterocycles. The molecule has 2 aromatic rings. The van der Waals surface area contributed by atoms with Crippen molar-refractivity contribution in [2.24, 2.45) is 0 Å². The maximum atomic E-state index is 5.98. The van der Waals surface area contributed by atoms with Crippen molar-refractivity contribution in [3.8, 4) is 11.6 Å². The van der Waals surface area contributed by atoms with Crippen LogP contribution in [0.2, 0.25) is 0 Å². The van der Waals surface area contributed by atoms with Gasteiger partial charge in [0.15, 0.2) is 0 Å². The quantitative estimate of drug-likeness (QED) is 0.862. The molecule has 0 fully saturated rings. The van der Waals surface area contributed by atoms with Crippen molar-refractivity contribution in [1.29, 1.82) is 0 Å². The third kappa shape index (κ3) is 3.95. The lowest BCUT2D eigenvalue weighted by Gasteiger charge is -2.17. The van der Waals surface area contributed by atoms with Crippen molar-refractivity contribution in [2.75, 3.05) is 14.2 Å². The topological polar surface area (TPSA) is 43.4 Å². The lowest BCUT2D eigenvalue weighted by molar-refractivity contribution is 0.289. The first kappa shape index (κ1) is 15.8. The Hall–Kier alpha value is -1.59. The Labute approximate surface area is 133 Å². The third-order valence-electron chi connectivity index (χ3n) is 3.30. The smallest absolute Gasteiger partial charge is 0.219 e. The highest BCUT2D eigenvalue weighted by atomic mass is 79.9. The van der Waals surface area contributed by atoms with Crippen LogP contribution in [0, 0.1) is 0 Å². The highest BCUT2D eigenvalue weighted by Crippen LogP contribution is 2.29. The van der Waals surface area contributed by atoms with E-state index in [1.54, 1.807) is 13.3 Å². The summed E-state index contributed by atoms with van der Waals surface area (Å²) in [5, 5.41) is 3.23. The summed E-state index contributed by atoms with van der Waals surface area (Å²) in [6.07, 6.45) is 1.70. The van der Waals surface area contributed by atoms with E-state index in [9.17, 15) is 0 Å². The summed E-state index contributed by atoms with van der Waals surface area (Å²) in [4.78, 5) is 4.18. The Morgan fingerprint density at radius 2 is 2.14 bits per heavy atom. The number of halogens is 1. The fourth-order valence-electron chi connectivity index (χ4n) is 2.02. The van der Waals surface area contributed by atoms with Gasteiger partial charge in [-0.3, -0.25) is 0 Å². The van der Waals surface area contributed by atoms with Gasteiger partial charge in [-0.25, -0.2) is 4.98 Å². The highest BCUT2D eigenvalue weighted by Gasteiger charge is 2.12. The molecule has 112 valence electrons. The van der Waals surface area contributed by atoms with E-state index in [2.05, 4.69) is 39.2 Å². The van der Waals surface area contributed by atoms with Gasteiger partial charge in [-0.2, -0.15) is 0 Å². The van der Waals surface area contributed by atoms with Crippen LogP contribution in [0.5, 0.6) is 11.6 Å². The average Bonchev–Trinajstić information content (AvgIpc) is 2.52. The zero-order valence-corrected chi connectivity index (χ0v) is 14.0. The minimum absolute atomic E-state index is 0.212. The summed E-state index contributed by atoms with van der Waals surface area (Å²) in [5.41, 5.74) is 2.03. The van der Waals surface area contributed by atoms with E-state index < -0.39 is 0 Å². The van der Waals surface area contributed by atoms with Crippen LogP contribution in [0.25, 0.3) is 0 Å². The van der Waals surface area contributed by atoms with Gasteiger partial charge in [0.25, 0.3) is 0 Å². The van der Waals surface area contributed by atoms with Crippen LogP contribution in [0.3, 0.4) is 0 Å². The number of nitrogens with zero attached hydrogens (tertiary/aromatic N) is 1. The van der Waals surface area contributed by atoms with Crippen molar-refractivity contribution in [3.63, 3.8) is 0 Å². The molecule has 2 rings (SSSR count). The van der Waals surface area contributed by atoms with Crippen molar-refractivity contribution in [1.82, 2.24) is 10.3 Å². The Balaban J connectivity index is 2.21. The van der Waals surface area contributed by atoms with Gasteiger partial charge in [-0.15, -0.1) is 0 Å². The van der Waals surface area contributed by atoms with Gasteiger partial charge in [0.05, 0.1) is 12.7 Å². The van der Waals surface area contributed by atoms with Gasteiger partial charge >= 0.3 is 0 Å². The predicted molar refractivity (Wildman–Crippen MR) is 86.7 cm³/mol. The highest BCUT2D eigenvalue weighted by molar-refractivity contribution is 9.10. The second-order valence-electron chi connectivity index (χ2n) is 4.65. The minimum Gasteiger partial charge on any atom is -0.488 e. The fraction of sp³-hybridized carbons (Fsp3) is 0.312. The molecule has 1 N–H and O–H groups in total. The normalized spacial score (nSPS) is 12.0. The number of aromatic nitrogens is 1. The zero-order chi connectivity index (χ0) is 15.2. The first-order valence-corrected chi connectivity index (χ1v) is 7.52. The summed E-state index contributed by atoms with van der Waals surface area (Å²) in [6, 6.07) is 10.1. The van der Waals surface area contributed by atoms with Crippen molar-refractivity contribution < 1.29 is 9.47 Å². The maximum Gasteiger partial charge on any atom is 0.219 e. The first-order chi connectivity index (χ1) is 10.2. The summed E-state index contributed by atoms with van der Waals surface area (Å²) in [6.45, 7) is 2.51. The molecule has 0 spiro atoms. The van der Waals surface area contributed by atoms with E-state index in [0.717, 1.165) is 21.3 Å². The second kappa shape index (κ2) is 7.43. The number of ether oxygens (including phenoxy) is 2. The Bertz CT molecular complexity index is 605. The number of methoxy groups -OCH3 is 1. The van der Waals surface area contributed by atoms with Crippen LogP contribution in [0.4, 0.5) is 0 Å². The SMILES string of the molecule is CNC(C)c1ccc(Br)cc1OCc1cccnc1OC. The van der Waals surface area contributed by atoms with E-state index in [1.165, 1.54) is 0 Å². The van der Waals surface area contributed by atoms with Gasteiger partial charge in [-0.05, 0) is 38.2 Å². The maximum absolute atomic E-state index is 5.98. The molecule has 0 aliphatic carbocycles. The van der Waals surface area contributed by atoms with Gasteiger partial charge < -0.3 is 14.8 Å². The molecule has 1 unspecified atom stereocenters. The van der Waals surface area contributed by atoms with Crippen LogP contribution in [-0.4, -0.2) is 19.1 Å². The lowest BCUT2D eigenvalue weighted by atomic mass is 10.1. The molecule has 0 aliphatic rings. The molecular weight excluding hydrogens is 332 g/mol. The summed E-state index contributed by atoms with van der Waals surface area (Å²) in [7, 11) is 3.54. The molecule has 4 nitrogen and oxygen atoms in total. The number of hydrogen-bond donors (Lipinski definition) is 1. The van der Waals surface area contributed by atoms with Gasteiger partial charge in [0.1, 0.15) is 12.4 Å². The molecule has 1 aromatic carbocycles. The zero-order valence-electron chi connectivity index (χ0n) is 12.4. The largest absolute Gasteiger partial charge is 0.488 e. The van der Waals surface area contributed by atoms with Crippen molar-refractivity contribution >= 4 is 15.9 Å². The van der Waals surface area contributed by atoms with Gasteiger partial charge in [0, 0.05) is 22.3 Å². The lowest BCUT2D eigenvalue weighted by Crippen LogP contribution is -2.14. The number of nitrogens with one attached hydrogen (secondary N) is 1. The number of hydrogen-bond acceptors (Lipinski definition) is 4. The van der Waals surface area contributed by atoms with Crippen LogP contribution in [0.1, 0.15) is 24.1 Å². The third-order valence-corrected chi connectivity index (χ3v) is 3.79. The molecule has 5 heteroatoms. The standard InChI is InChI=1S/C16H19BrN2O2/c1-11(18-2)14-7-6-13(17)9-15(14)21-10-12-5-4-8-19-16(12)20-3/h4-9,11,18H,10H2,1-3H3. The van der Waals surface area contributed by atoms with E-state index in [-0.39, 0.29) is 6.04 Å². The van der Waals surface area contributed by atoms with Crippen LogP contribution in [-0.2, 0) is 6.61 Å². The molecular formula is C16H19BrN2O2. The molecule has 21 heavy (non-hydrogen) atoms. The number of rotatable bonds is 6. The molecule has 0 saturated heterocycles. The molecule has 0 amide bonds. The van der Waals surface area contributed by atoms with Gasteiger partial charge in [-0.1, -0.05) is 22.0 Å². The van der Waals surface area contributed by atoms with E-state index in [4.69, 9.17) is 9.47 Å². The molecule has 0 bridgehead atoms. The fourth-order valence-corrected chi connectivity index (χ4v) is 2.36. The molecule has 1 heterocycles. The van der Waals surface area contributed by atoms with E-state index >= 15 is 0 Å². The molecule has 1 atom stereocenters. The Morgan fingerprint density at radius 1 is 1.33 bits per heavy atom. The monoisotopic (exact) mass is 350 g/mol.